The molecule has 0 aliphatic rings. The molecule has 0 saturated carbocycles. The van der Waals surface area contributed by atoms with E-state index in [4.69, 9.17) is 21.3 Å². The van der Waals surface area contributed by atoms with Gasteiger partial charge in [-0.1, -0.05) is 103 Å². The highest BCUT2D eigenvalue weighted by Gasteiger charge is 2.23. The van der Waals surface area contributed by atoms with Crippen LogP contribution in [0, 0.1) is 0 Å². The van der Waals surface area contributed by atoms with Crippen molar-refractivity contribution in [3.63, 3.8) is 0 Å². The largest absolute Gasteiger partial charge is 0.497 e. The van der Waals surface area contributed by atoms with Crippen molar-refractivity contribution in [3.8, 4) is 28.0 Å². The summed E-state index contributed by atoms with van der Waals surface area (Å²) in [5.41, 5.74) is 7.12. The summed E-state index contributed by atoms with van der Waals surface area (Å²) in [6, 6.07) is 37.7. The Balaban J connectivity index is 1.59. The number of fused-ring (bicyclic) bond motifs is 1. The molecule has 0 aliphatic heterocycles. The maximum absolute atomic E-state index is 7.21. The maximum atomic E-state index is 7.21. The van der Waals surface area contributed by atoms with Crippen molar-refractivity contribution in [1.29, 1.82) is 0 Å². The minimum Gasteiger partial charge on any atom is -0.497 e. The quantitative estimate of drug-likeness (QED) is 0.165. The summed E-state index contributed by atoms with van der Waals surface area (Å²) in [6.45, 7) is 7.69. The van der Waals surface area contributed by atoms with Gasteiger partial charge >= 0.3 is 0 Å². The Morgan fingerprint density at radius 2 is 1.42 bits per heavy atom. The zero-order valence-electron chi connectivity index (χ0n) is 26.1. The first-order valence-electron chi connectivity index (χ1n) is 15.1. The summed E-state index contributed by atoms with van der Waals surface area (Å²) in [5, 5.41) is 6.05. The van der Waals surface area contributed by atoms with Crippen LogP contribution >= 0.6 is 11.6 Å². The van der Waals surface area contributed by atoms with Crippen molar-refractivity contribution < 1.29 is 4.74 Å². The second-order valence-electron chi connectivity index (χ2n) is 12.2. The highest BCUT2D eigenvalue weighted by atomic mass is 35.5. The molecule has 0 spiro atoms. The predicted molar refractivity (Wildman–Crippen MR) is 188 cm³/mol. The molecule has 0 aliphatic carbocycles. The summed E-state index contributed by atoms with van der Waals surface area (Å²) in [7, 11) is 1.69. The Bertz CT molecular complexity index is 1900. The van der Waals surface area contributed by atoms with Crippen molar-refractivity contribution in [2.45, 2.75) is 39.4 Å². The van der Waals surface area contributed by atoms with Crippen molar-refractivity contribution in [1.82, 2.24) is 9.97 Å². The average Bonchev–Trinajstić information content (AvgIpc) is 3.04. The summed E-state index contributed by atoms with van der Waals surface area (Å²) in [4.78, 5) is 12.1. The van der Waals surface area contributed by atoms with Gasteiger partial charge in [0.15, 0.2) is 0 Å². The van der Waals surface area contributed by atoms with E-state index in [1.54, 1.807) is 7.11 Å². The molecule has 0 bridgehead atoms. The highest BCUT2D eigenvalue weighted by Crippen LogP contribution is 2.43. The van der Waals surface area contributed by atoms with E-state index >= 15 is 0 Å². The fraction of sp³-hybridized carbons (Fsp3) is 0.179. The zero-order valence-corrected chi connectivity index (χ0v) is 26.8. The molecule has 0 radical (unpaired) electrons. The van der Waals surface area contributed by atoms with Crippen LogP contribution < -0.4 is 15.0 Å². The maximum Gasteiger partial charge on any atom is 0.140 e. The Kier molecular flexibility index (Phi) is 8.72. The van der Waals surface area contributed by atoms with Crippen molar-refractivity contribution in [2.75, 3.05) is 17.3 Å². The van der Waals surface area contributed by atoms with Gasteiger partial charge in [0.25, 0.3) is 0 Å². The van der Waals surface area contributed by atoms with Gasteiger partial charge in [-0.25, -0.2) is 4.98 Å². The van der Waals surface area contributed by atoms with Crippen LogP contribution in [-0.2, 0) is 13.1 Å². The van der Waals surface area contributed by atoms with Gasteiger partial charge in [-0.05, 0) is 66.6 Å². The highest BCUT2D eigenvalue weighted by molar-refractivity contribution is 6.34. The van der Waals surface area contributed by atoms with E-state index in [1.165, 1.54) is 5.56 Å². The number of pyridine rings is 2. The molecule has 6 rings (SSSR count). The Morgan fingerprint density at radius 3 is 2.09 bits per heavy atom. The van der Waals surface area contributed by atoms with Crippen LogP contribution in [0.4, 0.5) is 11.5 Å². The average molecular weight is 613 g/mol. The van der Waals surface area contributed by atoms with Crippen LogP contribution in [0.5, 0.6) is 5.75 Å². The molecular formula is C39H37ClN4O. The Labute approximate surface area is 270 Å². The molecule has 0 atom stereocenters. The van der Waals surface area contributed by atoms with E-state index in [2.05, 4.69) is 121 Å². The number of halogens is 1. The summed E-state index contributed by atoms with van der Waals surface area (Å²) in [5.74, 6) is 1.65. The monoisotopic (exact) mass is 612 g/mol. The second-order valence-corrected chi connectivity index (χ2v) is 12.6. The molecule has 6 heteroatoms. The van der Waals surface area contributed by atoms with E-state index in [1.807, 2.05) is 36.7 Å². The molecule has 2 heterocycles. The van der Waals surface area contributed by atoms with Gasteiger partial charge in [0.1, 0.15) is 16.7 Å². The lowest BCUT2D eigenvalue weighted by atomic mass is 9.94. The molecule has 6 aromatic rings. The number of aromatic nitrogens is 2. The molecule has 1 N–H and O–H groups in total. The van der Waals surface area contributed by atoms with Gasteiger partial charge in [0.05, 0.1) is 12.8 Å². The lowest BCUT2D eigenvalue weighted by Gasteiger charge is -2.28. The topological polar surface area (TPSA) is 50.3 Å². The van der Waals surface area contributed by atoms with Gasteiger partial charge in [0, 0.05) is 47.5 Å². The molecule has 2 aromatic heterocycles. The summed E-state index contributed by atoms with van der Waals surface area (Å²) in [6.07, 6.45) is 3.71. The van der Waals surface area contributed by atoms with Gasteiger partial charge in [0.2, 0.25) is 0 Å². The molecule has 0 saturated heterocycles. The fourth-order valence-electron chi connectivity index (χ4n) is 5.72. The molecule has 45 heavy (non-hydrogen) atoms. The third-order valence-electron chi connectivity index (χ3n) is 7.65. The molecule has 4 aromatic carbocycles. The molecule has 0 unspecified atom stereocenters. The molecule has 5 nitrogen and oxygen atoms in total. The lowest BCUT2D eigenvalue weighted by molar-refractivity contribution is 0.414. The third-order valence-corrected chi connectivity index (χ3v) is 7.92. The Morgan fingerprint density at radius 1 is 0.756 bits per heavy atom. The van der Waals surface area contributed by atoms with Crippen molar-refractivity contribution >= 4 is 33.9 Å². The smallest absolute Gasteiger partial charge is 0.140 e. The number of anilines is 2. The van der Waals surface area contributed by atoms with Crippen LogP contribution in [0.2, 0.25) is 5.15 Å². The predicted octanol–water partition coefficient (Wildman–Crippen LogP) is 10.0. The van der Waals surface area contributed by atoms with E-state index in [0.29, 0.717) is 18.2 Å². The number of hydrogen-bond acceptors (Lipinski definition) is 5. The first kappa shape index (κ1) is 30.2. The molecule has 226 valence electrons. The summed E-state index contributed by atoms with van der Waals surface area (Å²) < 4.78 is 5.43. The molecule has 0 fully saturated rings. The van der Waals surface area contributed by atoms with Crippen molar-refractivity contribution in [2.24, 2.45) is 0 Å². The van der Waals surface area contributed by atoms with Crippen LogP contribution in [0.1, 0.15) is 31.9 Å². The van der Waals surface area contributed by atoms with Crippen LogP contribution in [0.25, 0.3) is 33.0 Å². The SMILES string of the molecule is COc1ccc(CN(Cc2ccccc2)c2nc(Cl)c(-c3cncc(NC(C)(C)C)c3)c3cccc(-c4ccccc4)c23)cc1. The number of nitrogens with one attached hydrogen (secondary N) is 1. The normalized spacial score (nSPS) is 11.4. The van der Waals surface area contributed by atoms with Gasteiger partial charge < -0.3 is 15.0 Å². The van der Waals surface area contributed by atoms with Crippen molar-refractivity contribution in [3.05, 3.63) is 138 Å². The van der Waals surface area contributed by atoms with Crippen LogP contribution in [0.15, 0.2) is 122 Å². The first-order chi connectivity index (χ1) is 21.8. The minimum absolute atomic E-state index is 0.117. The van der Waals surface area contributed by atoms with E-state index in [9.17, 15) is 0 Å². The first-order valence-corrected chi connectivity index (χ1v) is 15.5. The number of ether oxygens (including phenoxy) is 1. The van der Waals surface area contributed by atoms with Crippen LogP contribution in [-0.4, -0.2) is 22.6 Å². The third kappa shape index (κ3) is 6.95. The number of nitrogens with zero attached hydrogens (tertiary/aromatic N) is 3. The van der Waals surface area contributed by atoms with Gasteiger partial charge in [-0.3, -0.25) is 4.98 Å². The Hall–Kier alpha value is -4.87. The fourth-order valence-corrected chi connectivity index (χ4v) is 6.01. The lowest BCUT2D eigenvalue weighted by Crippen LogP contribution is -2.26. The number of benzene rings is 4. The van der Waals surface area contributed by atoms with E-state index in [-0.39, 0.29) is 5.54 Å². The van der Waals surface area contributed by atoms with E-state index in [0.717, 1.165) is 55.8 Å². The van der Waals surface area contributed by atoms with Gasteiger partial charge in [-0.15, -0.1) is 0 Å². The zero-order chi connectivity index (χ0) is 31.4. The standard InChI is InChI=1S/C39H37ClN4O/c1-39(2,3)43-31-22-30(23-41-24-31)35-34-17-11-16-33(29-14-9-6-10-15-29)36(34)38(42-37(35)40)44(25-27-12-7-5-8-13-27)26-28-18-20-32(45-4)21-19-28/h5-24,43H,25-26H2,1-4H3. The number of rotatable bonds is 9. The van der Waals surface area contributed by atoms with Gasteiger partial charge in [-0.2, -0.15) is 0 Å². The molecule has 0 amide bonds. The summed E-state index contributed by atoms with van der Waals surface area (Å²) >= 11 is 7.21. The number of hydrogen-bond donors (Lipinski definition) is 1. The van der Waals surface area contributed by atoms with E-state index < -0.39 is 0 Å². The second kappa shape index (κ2) is 13.0. The van der Waals surface area contributed by atoms with Crippen LogP contribution in [0.3, 0.4) is 0 Å². The number of methoxy groups -OCH3 is 1. The molecular weight excluding hydrogens is 576 g/mol. The minimum atomic E-state index is -0.117.